The van der Waals surface area contributed by atoms with Crippen molar-refractivity contribution < 1.29 is 18.0 Å². The molecule has 1 atom stereocenters. The van der Waals surface area contributed by atoms with Crippen LogP contribution in [0.25, 0.3) is 0 Å². The number of halogens is 2. The number of carbonyl (C=O) groups excluding carboxylic acids is 2. The van der Waals surface area contributed by atoms with Gasteiger partial charge in [0.25, 0.3) is 10.0 Å². The first-order chi connectivity index (χ1) is 20.8. The number of anilines is 1. The average molecular weight is 744 g/mol. The second-order valence-corrected chi connectivity index (χ2v) is 14.9. The van der Waals surface area contributed by atoms with Gasteiger partial charge in [-0.25, -0.2) is 8.42 Å². The fourth-order valence-electron chi connectivity index (χ4n) is 4.69. The van der Waals surface area contributed by atoms with E-state index in [4.69, 9.17) is 11.6 Å². The van der Waals surface area contributed by atoms with Gasteiger partial charge < -0.3 is 10.2 Å². The van der Waals surface area contributed by atoms with E-state index < -0.39 is 34.1 Å². The molecule has 4 aromatic rings. The standard InChI is InChI=1S/C34H35ClIN3O4S/c1-34(2,3)37-33(41)31(22-25-11-6-4-7-12-25)38(23-26-13-10-14-27(35)21-26)32(40)24-39(29-19-17-28(36)18-20-29)44(42,43)30-15-8-5-9-16-30/h4-21,31H,22-24H2,1-3H3,(H,37,41)/t31-/m1/s1. The zero-order valence-electron chi connectivity index (χ0n) is 24.8. The summed E-state index contributed by atoms with van der Waals surface area (Å²) >= 11 is 8.44. The second-order valence-electron chi connectivity index (χ2n) is 11.4. The molecular formula is C34H35ClIN3O4S. The molecule has 0 unspecified atom stereocenters. The maximum Gasteiger partial charge on any atom is 0.264 e. The summed E-state index contributed by atoms with van der Waals surface area (Å²) in [5.41, 5.74) is 1.33. The van der Waals surface area contributed by atoms with Crippen LogP contribution in [0.2, 0.25) is 5.02 Å². The summed E-state index contributed by atoms with van der Waals surface area (Å²) in [5.74, 6) is -0.878. The van der Waals surface area contributed by atoms with Crippen LogP contribution in [0.15, 0.2) is 114 Å². The first kappa shape index (κ1) is 33.5. The van der Waals surface area contributed by atoms with E-state index in [1.54, 1.807) is 60.7 Å². The van der Waals surface area contributed by atoms with Gasteiger partial charge in [0.2, 0.25) is 11.8 Å². The molecule has 4 rings (SSSR count). The predicted octanol–water partition coefficient (Wildman–Crippen LogP) is 6.69. The molecule has 0 aromatic heterocycles. The largest absolute Gasteiger partial charge is 0.350 e. The number of benzene rings is 4. The number of nitrogens with one attached hydrogen (secondary N) is 1. The molecule has 44 heavy (non-hydrogen) atoms. The Morgan fingerprint density at radius 1 is 0.841 bits per heavy atom. The van der Waals surface area contributed by atoms with E-state index >= 15 is 0 Å². The minimum atomic E-state index is -4.15. The number of sulfonamides is 1. The summed E-state index contributed by atoms with van der Waals surface area (Å²) in [6, 6.07) is 30.5. The minimum Gasteiger partial charge on any atom is -0.350 e. The summed E-state index contributed by atoms with van der Waals surface area (Å²) in [6.45, 7) is 5.14. The Bertz CT molecular complexity index is 1680. The number of hydrogen-bond acceptors (Lipinski definition) is 4. The highest BCUT2D eigenvalue weighted by Gasteiger charge is 2.35. The van der Waals surface area contributed by atoms with Gasteiger partial charge in [0.1, 0.15) is 12.6 Å². The van der Waals surface area contributed by atoms with Gasteiger partial charge in [-0.05, 0) is 103 Å². The van der Waals surface area contributed by atoms with Crippen molar-refractivity contribution in [3.63, 3.8) is 0 Å². The van der Waals surface area contributed by atoms with E-state index in [0.29, 0.717) is 16.3 Å². The molecule has 0 saturated carbocycles. The molecule has 0 aliphatic rings. The van der Waals surface area contributed by atoms with Gasteiger partial charge in [-0.1, -0.05) is 72.3 Å². The molecule has 1 N–H and O–H groups in total. The van der Waals surface area contributed by atoms with Crippen molar-refractivity contribution in [2.75, 3.05) is 10.8 Å². The van der Waals surface area contributed by atoms with Crippen molar-refractivity contribution >= 4 is 61.7 Å². The van der Waals surface area contributed by atoms with Crippen LogP contribution in [-0.4, -0.2) is 43.3 Å². The second kappa shape index (κ2) is 14.6. The molecule has 0 radical (unpaired) electrons. The topological polar surface area (TPSA) is 86.8 Å². The third kappa shape index (κ3) is 9.06. The van der Waals surface area contributed by atoms with Gasteiger partial charge in [0, 0.05) is 27.1 Å². The Morgan fingerprint density at radius 3 is 2.02 bits per heavy atom. The van der Waals surface area contributed by atoms with Crippen LogP contribution in [0.3, 0.4) is 0 Å². The molecule has 230 valence electrons. The Kier molecular flexibility index (Phi) is 11.1. The van der Waals surface area contributed by atoms with Gasteiger partial charge in [0.05, 0.1) is 10.6 Å². The molecule has 10 heteroatoms. The number of nitrogens with zero attached hydrogens (tertiary/aromatic N) is 2. The van der Waals surface area contributed by atoms with E-state index in [1.807, 2.05) is 57.2 Å². The molecule has 0 saturated heterocycles. The third-order valence-corrected chi connectivity index (χ3v) is 9.48. The zero-order valence-corrected chi connectivity index (χ0v) is 28.5. The van der Waals surface area contributed by atoms with Crippen LogP contribution >= 0.6 is 34.2 Å². The van der Waals surface area contributed by atoms with Crippen LogP contribution < -0.4 is 9.62 Å². The van der Waals surface area contributed by atoms with Crippen molar-refractivity contribution in [1.82, 2.24) is 10.2 Å². The lowest BCUT2D eigenvalue weighted by Crippen LogP contribution is -2.56. The number of amides is 2. The lowest BCUT2D eigenvalue weighted by Gasteiger charge is -2.35. The van der Waals surface area contributed by atoms with Crippen molar-refractivity contribution in [1.29, 1.82) is 0 Å². The van der Waals surface area contributed by atoms with Gasteiger partial charge in [-0.2, -0.15) is 0 Å². The lowest BCUT2D eigenvalue weighted by atomic mass is 10.0. The number of hydrogen-bond donors (Lipinski definition) is 1. The van der Waals surface area contributed by atoms with Crippen LogP contribution in [0.1, 0.15) is 31.9 Å². The average Bonchev–Trinajstić information content (AvgIpc) is 2.98. The SMILES string of the molecule is CC(C)(C)NC(=O)[C@@H](Cc1ccccc1)N(Cc1cccc(Cl)c1)C(=O)CN(c1ccc(I)cc1)S(=O)(=O)c1ccccc1. The molecule has 0 heterocycles. The third-order valence-electron chi connectivity index (χ3n) is 6.74. The van der Waals surface area contributed by atoms with Crippen molar-refractivity contribution in [3.05, 3.63) is 129 Å². The van der Waals surface area contributed by atoms with Gasteiger partial charge in [0.15, 0.2) is 0 Å². The Balaban J connectivity index is 1.81. The minimum absolute atomic E-state index is 0.0420. The summed E-state index contributed by atoms with van der Waals surface area (Å²) in [5, 5.41) is 3.51. The number of carbonyl (C=O) groups is 2. The van der Waals surface area contributed by atoms with Crippen LogP contribution in [0.4, 0.5) is 5.69 Å². The molecular weight excluding hydrogens is 709 g/mol. The molecule has 4 aromatic carbocycles. The van der Waals surface area contributed by atoms with Crippen LogP contribution in [0.5, 0.6) is 0 Å². The number of rotatable bonds is 11. The van der Waals surface area contributed by atoms with Gasteiger partial charge >= 0.3 is 0 Å². The van der Waals surface area contributed by atoms with Gasteiger partial charge in [-0.15, -0.1) is 0 Å². The van der Waals surface area contributed by atoms with E-state index in [2.05, 4.69) is 27.9 Å². The Labute approximate surface area is 278 Å². The fourth-order valence-corrected chi connectivity index (χ4v) is 6.70. The van der Waals surface area contributed by atoms with Crippen molar-refractivity contribution in [2.24, 2.45) is 0 Å². The zero-order chi connectivity index (χ0) is 31.9. The molecule has 0 bridgehead atoms. The molecule has 7 nitrogen and oxygen atoms in total. The first-order valence-electron chi connectivity index (χ1n) is 14.1. The Morgan fingerprint density at radius 2 is 1.43 bits per heavy atom. The predicted molar refractivity (Wildman–Crippen MR) is 184 cm³/mol. The summed E-state index contributed by atoms with van der Waals surface area (Å²) in [6.07, 6.45) is 0.226. The highest BCUT2D eigenvalue weighted by atomic mass is 127. The highest BCUT2D eigenvalue weighted by Crippen LogP contribution is 2.26. The van der Waals surface area contributed by atoms with Crippen molar-refractivity contribution in [2.45, 2.75) is 50.2 Å². The quantitative estimate of drug-likeness (QED) is 0.174. The van der Waals surface area contributed by atoms with E-state index in [-0.39, 0.29) is 23.8 Å². The first-order valence-corrected chi connectivity index (χ1v) is 17.0. The van der Waals surface area contributed by atoms with Crippen molar-refractivity contribution in [3.8, 4) is 0 Å². The summed E-state index contributed by atoms with van der Waals surface area (Å²) in [7, 11) is -4.15. The Hall–Kier alpha value is -3.41. The van der Waals surface area contributed by atoms with E-state index in [9.17, 15) is 18.0 Å². The van der Waals surface area contributed by atoms with Crippen LogP contribution in [0, 0.1) is 3.57 Å². The molecule has 0 aliphatic heterocycles. The summed E-state index contributed by atoms with van der Waals surface area (Å²) < 4.78 is 30.1. The maximum absolute atomic E-state index is 14.5. The summed E-state index contributed by atoms with van der Waals surface area (Å²) in [4.78, 5) is 29.9. The molecule has 2 amide bonds. The molecule has 0 aliphatic carbocycles. The molecule has 0 fully saturated rings. The van der Waals surface area contributed by atoms with Gasteiger partial charge in [-0.3, -0.25) is 13.9 Å². The van der Waals surface area contributed by atoms with Crippen LogP contribution in [-0.2, 0) is 32.6 Å². The normalized spacial score (nSPS) is 12.3. The van der Waals surface area contributed by atoms with E-state index in [1.165, 1.54) is 17.0 Å². The monoisotopic (exact) mass is 743 g/mol. The maximum atomic E-state index is 14.5. The smallest absolute Gasteiger partial charge is 0.264 e. The fraction of sp³-hybridized carbons (Fsp3) is 0.235. The highest BCUT2D eigenvalue weighted by molar-refractivity contribution is 14.1. The van der Waals surface area contributed by atoms with E-state index in [0.717, 1.165) is 13.4 Å². The molecule has 0 spiro atoms. The lowest BCUT2D eigenvalue weighted by molar-refractivity contribution is -0.140.